The van der Waals surface area contributed by atoms with Gasteiger partial charge in [-0.25, -0.2) is 0 Å². The molecule has 2 aliphatic rings. The number of ether oxygens (including phenoxy) is 1. The third-order valence-electron chi connectivity index (χ3n) is 5.44. The second-order valence-electron chi connectivity index (χ2n) is 7.08. The molecule has 0 radical (unpaired) electrons. The lowest BCUT2D eigenvalue weighted by atomic mass is 9.95. The molecule has 0 saturated carbocycles. The second kappa shape index (κ2) is 7.87. The molecule has 0 amide bonds. The molecular formula is C21H25N3O2. The van der Waals surface area contributed by atoms with E-state index in [1.807, 2.05) is 42.7 Å². The highest BCUT2D eigenvalue weighted by Crippen LogP contribution is 2.32. The molecule has 1 aromatic heterocycles. The maximum absolute atomic E-state index is 12.2. The monoisotopic (exact) mass is 351 g/mol. The largest absolute Gasteiger partial charge is 0.462 e. The van der Waals surface area contributed by atoms with Crippen molar-refractivity contribution in [2.75, 3.05) is 37.6 Å². The van der Waals surface area contributed by atoms with E-state index >= 15 is 0 Å². The Kier molecular flexibility index (Phi) is 5.16. The molecule has 0 N–H and O–H groups in total. The topological polar surface area (TPSA) is 45.7 Å². The van der Waals surface area contributed by atoms with Crippen LogP contribution in [-0.2, 0) is 9.53 Å². The highest BCUT2D eigenvalue weighted by Gasteiger charge is 2.35. The van der Waals surface area contributed by atoms with Crippen molar-refractivity contribution in [1.82, 2.24) is 9.88 Å². The molecule has 0 spiro atoms. The molecular weight excluding hydrogens is 326 g/mol. The first kappa shape index (κ1) is 17.0. The normalized spacial score (nSPS) is 23.8. The summed E-state index contributed by atoms with van der Waals surface area (Å²) < 4.78 is 5.63. The molecule has 136 valence electrons. The third kappa shape index (κ3) is 3.88. The Morgan fingerprint density at radius 2 is 1.73 bits per heavy atom. The van der Waals surface area contributed by atoms with Crippen molar-refractivity contribution < 1.29 is 9.53 Å². The van der Waals surface area contributed by atoms with Crippen LogP contribution >= 0.6 is 0 Å². The van der Waals surface area contributed by atoms with Gasteiger partial charge in [0, 0.05) is 57.2 Å². The Labute approximate surface area is 154 Å². The summed E-state index contributed by atoms with van der Waals surface area (Å²) in [6.07, 6.45) is 5.47. The summed E-state index contributed by atoms with van der Waals surface area (Å²) in [4.78, 5) is 21.1. The minimum atomic E-state index is -0.0928. The highest BCUT2D eigenvalue weighted by atomic mass is 16.5. The molecule has 26 heavy (non-hydrogen) atoms. The standard InChI is InChI=1S/C21H25N3O2/c25-21-20(17-4-2-1-3-5-17)16-19(26-21)8-11-23-12-14-24(15-13-23)18-6-9-22-10-7-18/h1-7,9-10,19-20H,8,11-16H2/t19-,20?/m1/s1. The first-order valence-electron chi connectivity index (χ1n) is 9.42. The average Bonchev–Trinajstić information content (AvgIpc) is 3.09. The molecule has 2 aliphatic heterocycles. The number of hydrogen-bond donors (Lipinski definition) is 0. The van der Waals surface area contributed by atoms with Gasteiger partial charge in [-0.15, -0.1) is 0 Å². The van der Waals surface area contributed by atoms with Gasteiger partial charge in [-0.1, -0.05) is 30.3 Å². The van der Waals surface area contributed by atoms with Crippen LogP contribution < -0.4 is 4.90 Å². The van der Waals surface area contributed by atoms with Crippen molar-refractivity contribution in [3.63, 3.8) is 0 Å². The van der Waals surface area contributed by atoms with Crippen LogP contribution in [0.1, 0.15) is 24.3 Å². The number of piperazine rings is 1. The SMILES string of the molecule is O=C1O[C@H](CCN2CCN(c3ccncc3)CC2)CC1c1ccccc1. The van der Waals surface area contributed by atoms with Crippen LogP contribution in [0.2, 0.25) is 0 Å². The first-order chi connectivity index (χ1) is 12.8. The molecule has 2 saturated heterocycles. The average molecular weight is 351 g/mol. The minimum absolute atomic E-state index is 0.0472. The molecule has 0 bridgehead atoms. The Morgan fingerprint density at radius 3 is 2.46 bits per heavy atom. The first-order valence-corrected chi connectivity index (χ1v) is 9.42. The van der Waals surface area contributed by atoms with Crippen LogP contribution in [0.15, 0.2) is 54.9 Å². The zero-order valence-electron chi connectivity index (χ0n) is 15.0. The third-order valence-corrected chi connectivity index (χ3v) is 5.44. The van der Waals surface area contributed by atoms with Gasteiger partial charge in [0.1, 0.15) is 6.10 Å². The number of rotatable bonds is 5. The molecule has 4 rings (SSSR count). The van der Waals surface area contributed by atoms with E-state index in [9.17, 15) is 4.79 Å². The molecule has 5 nitrogen and oxygen atoms in total. The summed E-state index contributed by atoms with van der Waals surface area (Å²) in [5, 5.41) is 0. The van der Waals surface area contributed by atoms with Gasteiger partial charge in [-0.2, -0.15) is 0 Å². The van der Waals surface area contributed by atoms with Crippen LogP contribution in [0.5, 0.6) is 0 Å². The zero-order chi connectivity index (χ0) is 17.8. The van der Waals surface area contributed by atoms with Crippen LogP contribution in [0, 0.1) is 0 Å². The number of carbonyl (C=O) groups excluding carboxylic acids is 1. The summed E-state index contributed by atoms with van der Waals surface area (Å²) in [6, 6.07) is 14.1. The molecule has 2 aromatic rings. The molecule has 5 heteroatoms. The fraction of sp³-hybridized carbons (Fsp3) is 0.429. The van der Waals surface area contributed by atoms with Gasteiger partial charge in [-0.05, 0) is 24.1 Å². The number of carbonyl (C=O) groups is 1. The molecule has 2 fully saturated rings. The zero-order valence-corrected chi connectivity index (χ0v) is 15.0. The maximum Gasteiger partial charge on any atom is 0.313 e. The van der Waals surface area contributed by atoms with Gasteiger partial charge >= 0.3 is 5.97 Å². The Balaban J connectivity index is 1.24. The van der Waals surface area contributed by atoms with Crippen LogP contribution in [0.25, 0.3) is 0 Å². The maximum atomic E-state index is 12.2. The van der Waals surface area contributed by atoms with E-state index in [1.54, 1.807) is 0 Å². The quantitative estimate of drug-likeness (QED) is 0.775. The van der Waals surface area contributed by atoms with Crippen molar-refractivity contribution in [3.8, 4) is 0 Å². The smallest absolute Gasteiger partial charge is 0.313 e. The molecule has 1 unspecified atom stereocenters. The van der Waals surface area contributed by atoms with Gasteiger partial charge in [0.15, 0.2) is 0 Å². The van der Waals surface area contributed by atoms with Crippen LogP contribution in [-0.4, -0.2) is 54.7 Å². The number of anilines is 1. The molecule has 0 aliphatic carbocycles. The lowest BCUT2D eigenvalue weighted by Crippen LogP contribution is -2.47. The predicted octanol–water partition coefficient (Wildman–Crippen LogP) is 2.69. The number of nitrogens with zero attached hydrogens (tertiary/aromatic N) is 3. The Hall–Kier alpha value is -2.40. The molecule has 3 heterocycles. The molecule has 1 aromatic carbocycles. The number of aromatic nitrogens is 1. The summed E-state index contributed by atoms with van der Waals surface area (Å²) >= 11 is 0. The van der Waals surface area contributed by atoms with Gasteiger partial charge in [0.05, 0.1) is 5.92 Å². The second-order valence-corrected chi connectivity index (χ2v) is 7.08. The minimum Gasteiger partial charge on any atom is -0.462 e. The van der Waals surface area contributed by atoms with E-state index in [-0.39, 0.29) is 18.0 Å². The fourth-order valence-corrected chi connectivity index (χ4v) is 3.90. The predicted molar refractivity (Wildman–Crippen MR) is 101 cm³/mol. The van der Waals surface area contributed by atoms with Gasteiger partial charge < -0.3 is 9.64 Å². The summed E-state index contributed by atoms with van der Waals surface area (Å²) in [5.74, 6) is -0.159. The van der Waals surface area contributed by atoms with E-state index in [4.69, 9.17) is 4.74 Å². The Morgan fingerprint density at radius 1 is 1.00 bits per heavy atom. The fourth-order valence-electron chi connectivity index (χ4n) is 3.90. The molecule has 2 atom stereocenters. The van der Waals surface area contributed by atoms with E-state index in [0.29, 0.717) is 0 Å². The lowest BCUT2D eigenvalue weighted by molar-refractivity contribution is -0.142. The van der Waals surface area contributed by atoms with E-state index in [1.165, 1.54) is 5.69 Å². The van der Waals surface area contributed by atoms with E-state index in [2.05, 4.69) is 26.9 Å². The summed E-state index contributed by atoms with van der Waals surface area (Å²) in [5.41, 5.74) is 2.32. The van der Waals surface area contributed by atoms with Crippen molar-refractivity contribution in [3.05, 3.63) is 60.4 Å². The number of benzene rings is 1. The van der Waals surface area contributed by atoms with Gasteiger partial charge in [-0.3, -0.25) is 14.7 Å². The summed E-state index contributed by atoms with van der Waals surface area (Å²) in [7, 11) is 0. The van der Waals surface area contributed by atoms with Crippen LogP contribution in [0.4, 0.5) is 5.69 Å². The van der Waals surface area contributed by atoms with Crippen LogP contribution in [0.3, 0.4) is 0 Å². The van der Waals surface area contributed by atoms with Gasteiger partial charge in [0.25, 0.3) is 0 Å². The lowest BCUT2D eigenvalue weighted by Gasteiger charge is -2.36. The van der Waals surface area contributed by atoms with E-state index in [0.717, 1.165) is 51.1 Å². The van der Waals surface area contributed by atoms with E-state index < -0.39 is 0 Å². The van der Waals surface area contributed by atoms with Crippen molar-refractivity contribution in [1.29, 1.82) is 0 Å². The van der Waals surface area contributed by atoms with Gasteiger partial charge in [0.2, 0.25) is 0 Å². The number of hydrogen-bond acceptors (Lipinski definition) is 5. The van der Waals surface area contributed by atoms with Crippen molar-refractivity contribution in [2.45, 2.75) is 24.9 Å². The number of pyridine rings is 1. The summed E-state index contributed by atoms with van der Waals surface area (Å²) in [6.45, 7) is 5.14. The highest BCUT2D eigenvalue weighted by molar-refractivity contribution is 5.80. The number of cyclic esters (lactones) is 1. The number of esters is 1. The Bertz CT molecular complexity index is 715. The van der Waals surface area contributed by atoms with Crippen molar-refractivity contribution in [2.24, 2.45) is 0 Å². The van der Waals surface area contributed by atoms with Crippen molar-refractivity contribution >= 4 is 11.7 Å².